The van der Waals surface area contributed by atoms with Gasteiger partial charge in [0.05, 0.1) is 25.9 Å². The molecule has 0 radical (unpaired) electrons. The van der Waals surface area contributed by atoms with E-state index in [1.165, 1.54) is 13.2 Å². The predicted molar refractivity (Wildman–Crippen MR) is 150 cm³/mol. The van der Waals surface area contributed by atoms with Crippen LogP contribution in [0.25, 0.3) is 6.08 Å². The molecule has 2 aromatic rings. The van der Waals surface area contributed by atoms with Crippen LogP contribution >= 0.6 is 0 Å². The Morgan fingerprint density at radius 3 is 2.05 bits per heavy atom. The molecule has 2 aromatic carbocycles. The fourth-order valence-corrected chi connectivity index (χ4v) is 6.38. The maximum Gasteiger partial charge on any atom is 0.500 e. The van der Waals surface area contributed by atoms with Crippen molar-refractivity contribution in [1.82, 2.24) is 0 Å². The van der Waals surface area contributed by atoms with Crippen molar-refractivity contribution in [1.29, 1.82) is 0 Å². The topological polar surface area (TPSA) is 98.8 Å². The molecule has 0 aliphatic carbocycles. The van der Waals surface area contributed by atoms with E-state index in [4.69, 9.17) is 27.5 Å². The number of esters is 2. The molecule has 0 atom stereocenters. The van der Waals surface area contributed by atoms with Gasteiger partial charge in [0.25, 0.3) is 0 Å². The van der Waals surface area contributed by atoms with Crippen molar-refractivity contribution in [2.45, 2.75) is 46.6 Å². The molecular weight excluding hydrogens is 520 g/mol. The smallest absolute Gasteiger partial charge is 0.494 e. The highest BCUT2D eigenvalue weighted by molar-refractivity contribution is 6.60. The third-order valence-electron chi connectivity index (χ3n) is 5.41. The molecule has 0 bridgehead atoms. The zero-order valence-electron chi connectivity index (χ0n) is 23.5. The van der Waals surface area contributed by atoms with Crippen LogP contribution in [0.15, 0.2) is 48.5 Å². The summed E-state index contributed by atoms with van der Waals surface area (Å²) in [6.07, 6.45) is 4.57. The molecule has 0 unspecified atom stereocenters. The molecule has 214 valence electrons. The first-order chi connectivity index (χ1) is 18.9. The second-order valence-electron chi connectivity index (χ2n) is 8.20. The number of methoxy groups -OCH3 is 1. The van der Waals surface area contributed by atoms with Crippen molar-refractivity contribution in [3.05, 3.63) is 59.7 Å². The Morgan fingerprint density at radius 1 is 0.795 bits per heavy atom. The van der Waals surface area contributed by atoms with Crippen LogP contribution in [0, 0.1) is 0 Å². The Bertz CT molecular complexity index is 1040. The number of hydrogen-bond donors (Lipinski definition) is 0. The van der Waals surface area contributed by atoms with Crippen molar-refractivity contribution in [2.75, 3.05) is 40.1 Å². The van der Waals surface area contributed by atoms with Gasteiger partial charge < -0.3 is 32.2 Å². The summed E-state index contributed by atoms with van der Waals surface area (Å²) in [6, 6.07) is 12.5. The van der Waals surface area contributed by atoms with Gasteiger partial charge in [-0.2, -0.15) is 0 Å². The average Bonchev–Trinajstić information content (AvgIpc) is 2.93. The number of carbonyl (C=O) groups is 2. The molecule has 0 N–H and O–H groups in total. The molecule has 0 aliphatic heterocycles. The van der Waals surface area contributed by atoms with Gasteiger partial charge in [-0.1, -0.05) is 6.07 Å². The fourth-order valence-electron chi connectivity index (χ4n) is 3.69. The quantitative estimate of drug-likeness (QED) is 0.0747. The summed E-state index contributed by atoms with van der Waals surface area (Å²) in [4.78, 5) is 24.1. The van der Waals surface area contributed by atoms with Crippen molar-refractivity contribution in [3.63, 3.8) is 0 Å². The van der Waals surface area contributed by atoms with Gasteiger partial charge >= 0.3 is 20.7 Å². The monoisotopic (exact) mass is 560 g/mol. The summed E-state index contributed by atoms with van der Waals surface area (Å²) >= 11 is 0. The van der Waals surface area contributed by atoms with E-state index in [2.05, 4.69) is 4.74 Å². The lowest BCUT2D eigenvalue weighted by atomic mass is 10.2. The standard InChI is InChI=1S/C29H40O9Si/c1-6-33-27-22-23(13-19-28(30)32-5)12-18-26(27)38-29(31)24-14-16-25(17-15-24)34-20-10-11-21-39(35-7-2,36-8-3)37-9-4/h12-19,22H,6-11,20-21H2,1-5H3/b19-13+. The van der Waals surface area contributed by atoms with Crippen LogP contribution in [0.4, 0.5) is 0 Å². The molecule has 10 heteroatoms. The van der Waals surface area contributed by atoms with Crippen LogP contribution in [0.5, 0.6) is 17.2 Å². The van der Waals surface area contributed by atoms with E-state index in [1.54, 1.807) is 48.5 Å². The fraction of sp³-hybridized carbons (Fsp3) is 0.448. The van der Waals surface area contributed by atoms with E-state index in [-0.39, 0.29) is 5.75 Å². The Morgan fingerprint density at radius 2 is 1.46 bits per heavy atom. The lowest BCUT2D eigenvalue weighted by molar-refractivity contribution is -0.134. The maximum atomic E-state index is 12.7. The molecule has 0 heterocycles. The number of ether oxygens (including phenoxy) is 4. The number of rotatable bonds is 18. The number of benzene rings is 2. The largest absolute Gasteiger partial charge is 0.500 e. The van der Waals surface area contributed by atoms with Crippen LogP contribution in [-0.4, -0.2) is 60.9 Å². The molecule has 0 fully saturated rings. The Balaban J connectivity index is 1.91. The minimum atomic E-state index is -2.64. The summed E-state index contributed by atoms with van der Waals surface area (Å²) < 4.78 is 39.3. The highest BCUT2D eigenvalue weighted by Gasteiger charge is 2.39. The van der Waals surface area contributed by atoms with Crippen LogP contribution in [-0.2, 0) is 22.8 Å². The first kappa shape index (κ1) is 32.0. The van der Waals surface area contributed by atoms with Crippen LogP contribution in [0.1, 0.15) is 56.5 Å². The SMILES string of the molecule is CCOc1cc(/C=C/C(=O)OC)ccc1OC(=O)c1ccc(OCCCC[Si](OCC)(OCC)OCC)cc1. The molecule has 0 saturated heterocycles. The van der Waals surface area contributed by atoms with Crippen LogP contribution in [0.2, 0.25) is 6.04 Å². The molecule has 2 rings (SSSR count). The molecular formula is C29H40O9Si. The normalized spacial score (nSPS) is 11.4. The number of hydrogen-bond acceptors (Lipinski definition) is 9. The highest BCUT2D eigenvalue weighted by Crippen LogP contribution is 2.30. The van der Waals surface area contributed by atoms with Gasteiger partial charge in [0.15, 0.2) is 11.5 Å². The summed E-state index contributed by atoms with van der Waals surface area (Å²) in [5.74, 6) is 0.339. The third kappa shape index (κ3) is 10.8. The van der Waals surface area contributed by atoms with E-state index in [0.717, 1.165) is 18.9 Å². The lowest BCUT2D eigenvalue weighted by Crippen LogP contribution is -2.45. The van der Waals surface area contributed by atoms with Gasteiger partial charge in [0, 0.05) is 31.9 Å². The van der Waals surface area contributed by atoms with Gasteiger partial charge in [-0.05, 0) is 88.6 Å². The number of unbranched alkanes of at least 4 members (excludes halogenated alkanes) is 1. The van der Waals surface area contributed by atoms with E-state index in [9.17, 15) is 9.59 Å². The third-order valence-corrected chi connectivity index (χ3v) is 8.56. The Labute approximate surface area is 232 Å². The van der Waals surface area contributed by atoms with Gasteiger partial charge in [0.2, 0.25) is 0 Å². The summed E-state index contributed by atoms with van der Waals surface area (Å²) in [6.45, 7) is 10.3. The van der Waals surface area contributed by atoms with E-state index < -0.39 is 20.7 Å². The second-order valence-corrected chi connectivity index (χ2v) is 10.9. The van der Waals surface area contributed by atoms with Gasteiger partial charge in [0.1, 0.15) is 5.75 Å². The predicted octanol–water partition coefficient (Wildman–Crippen LogP) is 5.70. The Kier molecular flexibility index (Phi) is 14.3. The Hall–Kier alpha value is -3.18. The second kappa shape index (κ2) is 17.4. The van der Waals surface area contributed by atoms with Crippen molar-refractivity contribution in [3.8, 4) is 17.2 Å². The molecule has 0 aromatic heterocycles. The summed E-state index contributed by atoms with van der Waals surface area (Å²) in [5.41, 5.74) is 1.08. The van der Waals surface area contributed by atoms with E-state index in [1.807, 2.05) is 27.7 Å². The summed E-state index contributed by atoms with van der Waals surface area (Å²) in [7, 11) is -1.33. The molecule has 0 aliphatic rings. The van der Waals surface area contributed by atoms with Crippen molar-refractivity contribution in [2.24, 2.45) is 0 Å². The van der Waals surface area contributed by atoms with E-state index >= 15 is 0 Å². The van der Waals surface area contributed by atoms with Crippen molar-refractivity contribution < 1.29 is 41.8 Å². The van der Waals surface area contributed by atoms with Crippen LogP contribution < -0.4 is 14.2 Å². The molecule has 39 heavy (non-hydrogen) atoms. The van der Waals surface area contributed by atoms with Gasteiger partial charge in [-0.3, -0.25) is 0 Å². The van der Waals surface area contributed by atoms with Gasteiger partial charge in [-0.25, -0.2) is 9.59 Å². The molecule has 0 amide bonds. The minimum Gasteiger partial charge on any atom is -0.494 e. The zero-order valence-corrected chi connectivity index (χ0v) is 24.5. The van der Waals surface area contributed by atoms with E-state index in [0.29, 0.717) is 55.7 Å². The van der Waals surface area contributed by atoms with Crippen LogP contribution in [0.3, 0.4) is 0 Å². The maximum absolute atomic E-state index is 12.7. The van der Waals surface area contributed by atoms with Gasteiger partial charge in [-0.15, -0.1) is 0 Å². The molecule has 9 nitrogen and oxygen atoms in total. The number of carbonyl (C=O) groups excluding carboxylic acids is 2. The first-order valence-corrected chi connectivity index (χ1v) is 15.2. The lowest BCUT2D eigenvalue weighted by Gasteiger charge is -2.28. The average molecular weight is 561 g/mol. The first-order valence-electron chi connectivity index (χ1n) is 13.3. The highest BCUT2D eigenvalue weighted by atomic mass is 28.4. The molecule has 0 saturated carbocycles. The van der Waals surface area contributed by atoms with Crippen molar-refractivity contribution >= 4 is 26.8 Å². The molecule has 0 spiro atoms. The summed E-state index contributed by atoms with van der Waals surface area (Å²) in [5, 5.41) is 0. The zero-order chi connectivity index (χ0) is 28.5. The minimum absolute atomic E-state index is 0.281.